The van der Waals surface area contributed by atoms with E-state index in [0.29, 0.717) is 6.26 Å². The number of sulfonamides is 1. The van der Waals surface area contributed by atoms with Crippen molar-refractivity contribution >= 4 is 20.4 Å². The van der Waals surface area contributed by atoms with Gasteiger partial charge >= 0.3 is 10.4 Å². The summed E-state index contributed by atoms with van der Waals surface area (Å²) in [6.45, 7) is 8.11. The second-order valence-electron chi connectivity index (χ2n) is 4.83. The lowest BCUT2D eigenvalue weighted by Gasteiger charge is -2.28. The van der Waals surface area contributed by atoms with Crippen LogP contribution < -0.4 is 4.13 Å². The van der Waals surface area contributed by atoms with Crippen LogP contribution in [0.15, 0.2) is 12.8 Å². The van der Waals surface area contributed by atoms with Crippen molar-refractivity contribution in [3.63, 3.8) is 0 Å². The van der Waals surface area contributed by atoms with Gasteiger partial charge in [-0.15, -0.1) is 0 Å². The van der Waals surface area contributed by atoms with Crippen LogP contribution in [0.5, 0.6) is 0 Å². The van der Waals surface area contributed by atoms with Gasteiger partial charge in [0.15, 0.2) is 0 Å². The van der Waals surface area contributed by atoms with Crippen LogP contribution in [0.25, 0.3) is 0 Å². The smallest absolute Gasteiger partial charge is 0.385 e. The average Bonchev–Trinajstić information content (AvgIpc) is 2.61. The van der Waals surface area contributed by atoms with Crippen molar-refractivity contribution < 1.29 is 29.9 Å². The van der Waals surface area contributed by atoms with Crippen LogP contribution in [-0.4, -0.2) is 60.9 Å². The first-order chi connectivity index (χ1) is 8.97. The Kier molecular flexibility index (Phi) is 13.0. The molecule has 0 aromatic carbocycles. The fraction of sp³-hybridized carbons (Fsp3) is 0.833. The largest absolute Gasteiger partial charge is 0.496 e. The molecule has 0 amide bonds. The summed E-state index contributed by atoms with van der Waals surface area (Å²) < 4.78 is 57.2. The molecule has 1 saturated heterocycles. The van der Waals surface area contributed by atoms with E-state index in [0.717, 1.165) is 17.3 Å². The normalized spacial score (nSPS) is 16.3. The highest BCUT2D eigenvalue weighted by Gasteiger charge is 2.25. The number of nitrogens with zero attached hydrogens (tertiary/aromatic N) is 1. The van der Waals surface area contributed by atoms with Gasteiger partial charge in [0.25, 0.3) is 0 Å². The molecule has 0 unspecified atom stereocenters. The van der Waals surface area contributed by atoms with Gasteiger partial charge in [-0.25, -0.2) is 8.42 Å². The summed E-state index contributed by atoms with van der Waals surface area (Å²) in [5.74, 6) is 0. The van der Waals surface area contributed by atoms with Crippen molar-refractivity contribution in [2.45, 2.75) is 27.7 Å². The van der Waals surface area contributed by atoms with Crippen LogP contribution in [0.4, 0.5) is 3.89 Å². The summed E-state index contributed by atoms with van der Waals surface area (Å²) >= 11 is 0. The van der Waals surface area contributed by atoms with Crippen molar-refractivity contribution in [2.75, 3.05) is 39.5 Å². The van der Waals surface area contributed by atoms with E-state index in [1.54, 1.807) is 0 Å². The van der Waals surface area contributed by atoms with Gasteiger partial charge in [-0.2, -0.15) is 8.42 Å². The van der Waals surface area contributed by atoms with Gasteiger partial charge in [-0.05, 0) is 0 Å². The molecule has 136 valence electrons. The van der Waals surface area contributed by atoms with E-state index in [2.05, 4.69) is 13.6 Å². The van der Waals surface area contributed by atoms with Gasteiger partial charge in [0.2, 0.25) is 10.0 Å². The predicted octanol–water partition coefficient (Wildman–Crippen LogP) is 1.41. The zero-order valence-corrected chi connectivity index (χ0v) is 13.3. The van der Waals surface area contributed by atoms with E-state index >= 15 is 0 Å². The molecule has 1 aliphatic heterocycles. The molecule has 22 heavy (non-hydrogen) atoms. The lowest BCUT2D eigenvalue weighted by molar-refractivity contribution is -0.897. The number of likely N-dealkylation sites (N-methyl/N-ethyl adjacent to an activating group) is 1. The fourth-order valence-electron chi connectivity index (χ4n) is 1.86. The maximum absolute atomic E-state index is 11.4. The molecule has 1 aliphatic rings. The molecule has 0 saturated carbocycles. The molecule has 0 radical (unpaired) electrons. The molecule has 1 N–H and O–H groups in total. The standard InChI is InChI=1S/C9H18NO.CH4FNO4S2.2CH4/c1-3-11-9-8-10(2)6-4-5-7-10;1-8(4,5)3-9(2,6)7;;/h3H,1,4-9H2,2H3;3H,1H3;2*1H4/q+1;;;. The van der Waals surface area contributed by atoms with Crippen LogP contribution in [0.2, 0.25) is 0 Å². The molecule has 0 spiro atoms. The number of quaternary nitrogens is 1. The number of rotatable bonds is 6. The van der Waals surface area contributed by atoms with Crippen LogP contribution in [-0.2, 0) is 25.2 Å². The second kappa shape index (κ2) is 10.9. The van der Waals surface area contributed by atoms with Crippen LogP contribution in [0.3, 0.4) is 0 Å². The van der Waals surface area contributed by atoms with E-state index in [1.165, 1.54) is 36.7 Å². The number of nitrogens with one attached hydrogen (secondary N) is 1. The quantitative estimate of drug-likeness (QED) is 0.333. The molecule has 0 aromatic rings. The summed E-state index contributed by atoms with van der Waals surface area (Å²) in [6.07, 6.45) is 4.82. The molecule has 1 heterocycles. The third-order valence-electron chi connectivity index (χ3n) is 2.76. The predicted molar refractivity (Wildman–Crippen MR) is 87.6 cm³/mol. The number of ether oxygens (including phenoxy) is 1. The van der Waals surface area contributed by atoms with Gasteiger partial charge in [0.05, 0.1) is 32.7 Å². The minimum absolute atomic E-state index is 0. The van der Waals surface area contributed by atoms with Gasteiger partial charge in [0, 0.05) is 12.8 Å². The third kappa shape index (κ3) is 15.7. The number of likely N-dealkylation sites (tertiary alicyclic amines) is 1. The van der Waals surface area contributed by atoms with Crippen LogP contribution >= 0.6 is 0 Å². The molecular weight excluding hydrogens is 335 g/mol. The molecule has 0 aromatic heterocycles. The highest BCUT2D eigenvalue weighted by Crippen LogP contribution is 2.15. The molecule has 0 aliphatic carbocycles. The SMILES string of the molecule is C.C.C=COCC[N+]1(C)CCCC1.CS(=O)(=O)NS(=O)(=O)F. The Morgan fingerprint density at radius 2 is 1.68 bits per heavy atom. The van der Waals surface area contributed by atoms with Gasteiger partial charge in [-0.1, -0.05) is 29.4 Å². The Labute approximate surface area is 135 Å². The topological polar surface area (TPSA) is 89.5 Å². The zero-order chi connectivity index (χ0) is 15.9. The first kappa shape index (κ1) is 26.2. The lowest BCUT2D eigenvalue weighted by atomic mass is 10.4. The monoisotopic (exact) mass is 365 g/mol. The van der Waals surface area contributed by atoms with E-state index < -0.39 is 20.4 Å². The molecule has 1 rings (SSSR count). The third-order valence-corrected chi connectivity index (χ3v) is 4.77. The fourth-order valence-corrected chi connectivity index (χ4v) is 3.31. The molecule has 7 nitrogen and oxygen atoms in total. The Balaban J connectivity index is -0.000000307. The molecular formula is C12H30FN2O5S2+. The van der Waals surface area contributed by atoms with E-state index in [-0.39, 0.29) is 14.9 Å². The Morgan fingerprint density at radius 3 is 1.95 bits per heavy atom. The van der Waals surface area contributed by atoms with Crippen LogP contribution in [0, 0.1) is 0 Å². The van der Waals surface area contributed by atoms with Gasteiger partial charge in [0.1, 0.15) is 13.2 Å². The van der Waals surface area contributed by atoms with Crippen molar-refractivity contribution in [3.05, 3.63) is 12.8 Å². The average molecular weight is 366 g/mol. The summed E-state index contributed by atoms with van der Waals surface area (Å²) in [5.41, 5.74) is 0. The first-order valence-corrected chi connectivity index (χ1v) is 9.24. The number of hydrogen-bond donors (Lipinski definition) is 1. The Hall–Kier alpha value is -0.710. The van der Waals surface area contributed by atoms with Gasteiger partial charge < -0.3 is 9.22 Å². The molecule has 0 atom stereocenters. The van der Waals surface area contributed by atoms with E-state index in [4.69, 9.17) is 4.74 Å². The lowest BCUT2D eigenvalue weighted by Crippen LogP contribution is -2.43. The van der Waals surface area contributed by atoms with Crippen molar-refractivity contribution in [2.24, 2.45) is 0 Å². The van der Waals surface area contributed by atoms with Crippen molar-refractivity contribution in [3.8, 4) is 0 Å². The van der Waals surface area contributed by atoms with Crippen LogP contribution in [0.1, 0.15) is 27.7 Å². The van der Waals surface area contributed by atoms with Crippen molar-refractivity contribution in [1.82, 2.24) is 4.13 Å². The first-order valence-electron chi connectivity index (χ1n) is 5.97. The van der Waals surface area contributed by atoms with E-state index in [1.807, 2.05) is 0 Å². The summed E-state index contributed by atoms with van der Waals surface area (Å²) in [5, 5.41) is 0. The molecule has 1 fully saturated rings. The summed E-state index contributed by atoms with van der Waals surface area (Å²) in [6, 6.07) is 0. The van der Waals surface area contributed by atoms with Gasteiger partial charge in [-0.3, -0.25) is 0 Å². The molecule has 0 bridgehead atoms. The highest BCUT2D eigenvalue weighted by molar-refractivity contribution is 8.02. The zero-order valence-electron chi connectivity index (χ0n) is 11.7. The molecule has 10 heteroatoms. The number of hydrogen-bond acceptors (Lipinski definition) is 5. The summed E-state index contributed by atoms with van der Waals surface area (Å²) in [7, 11) is -6.81. The highest BCUT2D eigenvalue weighted by atomic mass is 32.3. The maximum atomic E-state index is 11.4. The Bertz CT molecular complexity index is 470. The maximum Gasteiger partial charge on any atom is 0.385 e. The Morgan fingerprint density at radius 1 is 1.23 bits per heavy atom. The minimum Gasteiger partial charge on any atom is -0.496 e. The summed E-state index contributed by atoms with van der Waals surface area (Å²) in [4.78, 5) is 0. The van der Waals surface area contributed by atoms with Crippen molar-refractivity contribution in [1.29, 1.82) is 0 Å². The second-order valence-corrected chi connectivity index (χ2v) is 7.91. The van der Waals surface area contributed by atoms with E-state index in [9.17, 15) is 20.7 Å². The minimum atomic E-state index is -5.12. The number of halogens is 1.